The second-order valence-corrected chi connectivity index (χ2v) is 5.28. The molecule has 0 bridgehead atoms. The number of hydrogen-bond acceptors (Lipinski definition) is 5. The Balaban J connectivity index is 2.10. The molecule has 0 radical (unpaired) electrons. The van der Waals surface area contributed by atoms with Crippen LogP contribution in [-0.2, 0) is 7.05 Å². The summed E-state index contributed by atoms with van der Waals surface area (Å²) in [6, 6.07) is -0.367. The van der Waals surface area contributed by atoms with Crippen molar-refractivity contribution in [3.63, 3.8) is 0 Å². The first-order chi connectivity index (χ1) is 11.0. The molecule has 0 spiro atoms. The number of carbonyl (C=O) groups excluding carboxylic acids is 1. The summed E-state index contributed by atoms with van der Waals surface area (Å²) in [6.45, 7) is 9.01. The summed E-state index contributed by atoms with van der Waals surface area (Å²) in [7, 11) is 1.60. The summed E-state index contributed by atoms with van der Waals surface area (Å²) < 4.78 is 6.79. The fraction of sp³-hybridized carbons (Fsp3) is 0.533. The molecule has 0 aliphatic rings. The Kier molecular flexibility index (Phi) is 5.38. The molecule has 2 aromatic heterocycles. The summed E-state index contributed by atoms with van der Waals surface area (Å²) in [6.07, 6.45) is 1.39. The Hall–Kier alpha value is -2.35. The molecule has 0 aliphatic carbocycles. The number of amides is 2. The van der Waals surface area contributed by atoms with Crippen molar-refractivity contribution in [1.29, 1.82) is 0 Å². The molecule has 2 N–H and O–H groups in total. The molecular formula is C15H23N5O3. The van der Waals surface area contributed by atoms with Gasteiger partial charge < -0.3 is 24.5 Å². The number of urea groups is 1. The van der Waals surface area contributed by atoms with Crippen molar-refractivity contribution in [2.24, 2.45) is 7.05 Å². The number of rotatable bonds is 6. The van der Waals surface area contributed by atoms with Gasteiger partial charge in [0.25, 0.3) is 5.56 Å². The number of aromatic nitrogens is 2. The molecule has 2 aromatic rings. The standard InChI is InChI=1S/C15H23N5O3/c1-5-20(6-2)8-7-16-15(22)18-12-10(3)23-13-11(12)14(21)19(4)9-17-13/h9H,5-8H2,1-4H3,(H2,16,18,22). The molecule has 126 valence electrons. The highest BCUT2D eigenvalue weighted by molar-refractivity contribution is 5.99. The predicted molar refractivity (Wildman–Crippen MR) is 88.8 cm³/mol. The number of carbonyl (C=O) groups is 1. The maximum atomic E-state index is 12.2. The van der Waals surface area contributed by atoms with Crippen molar-refractivity contribution in [1.82, 2.24) is 19.8 Å². The largest absolute Gasteiger partial charge is 0.441 e. The molecule has 0 saturated carbocycles. The monoisotopic (exact) mass is 321 g/mol. The highest BCUT2D eigenvalue weighted by atomic mass is 16.3. The Labute approximate surface area is 134 Å². The van der Waals surface area contributed by atoms with Crippen LogP contribution in [0.5, 0.6) is 0 Å². The minimum Gasteiger partial charge on any atom is -0.441 e. The van der Waals surface area contributed by atoms with Gasteiger partial charge in [0.1, 0.15) is 17.5 Å². The SMILES string of the molecule is CCN(CC)CCNC(=O)Nc1c(C)oc2ncn(C)c(=O)c12. The van der Waals surface area contributed by atoms with Gasteiger partial charge in [-0.25, -0.2) is 9.78 Å². The highest BCUT2D eigenvalue weighted by Gasteiger charge is 2.18. The van der Waals surface area contributed by atoms with Crippen molar-refractivity contribution in [2.45, 2.75) is 20.8 Å². The smallest absolute Gasteiger partial charge is 0.319 e. The van der Waals surface area contributed by atoms with E-state index in [0.717, 1.165) is 19.6 Å². The average molecular weight is 321 g/mol. The Morgan fingerprint density at radius 1 is 1.39 bits per heavy atom. The van der Waals surface area contributed by atoms with E-state index in [9.17, 15) is 9.59 Å². The van der Waals surface area contributed by atoms with Gasteiger partial charge in [-0.3, -0.25) is 4.79 Å². The van der Waals surface area contributed by atoms with E-state index in [1.807, 2.05) is 0 Å². The molecule has 0 unspecified atom stereocenters. The summed E-state index contributed by atoms with van der Waals surface area (Å²) >= 11 is 0. The molecular weight excluding hydrogens is 298 g/mol. The van der Waals surface area contributed by atoms with Crippen molar-refractivity contribution in [3.8, 4) is 0 Å². The van der Waals surface area contributed by atoms with Crippen LogP contribution >= 0.6 is 0 Å². The zero-order valence-corrected chi connectivity index (χ0v) is 14.0. The van der Waals surface area contributed by atoms with E-state index < -0.39 is 0 Å². The van der Waals surface area contributed by atoms with E-state index in [0.29, 0.717) is 18.0 Å². The van der Waals surface area contributed by atoms with Crippen LogP contribution in [0.4, 0.5) is 10.5 Å². The molecule has 8 nitrogen and oxygen atoms in total. The van der Waals surface area contributed by atoms with Gasteiger partial charge in [0.2, 0.25) is 5.71 Å². The van der Waals surface area contributed by atoms with Crippen LogP contribution in [-0.4, -0.2) is 46.7 Å². The number of hydrogen-bond donors (Lipinski definition) is 2. The number of nitrogens with zero attached hydrogens (tertiary/aromatic N) is 3. The third-order valence-corrected chi connectivity index (χ3v) is 3.79. The van der Waals surface area contributed by atoms with Crippen molar-refractivity contribution in [2.75, 3.05) is 31.5 Å². The third kappa shape index (κ3) is 3.70. The van der Waals surface area contributed by atoms with Crippen molar-refractivity contribution < 1.29 is 9.21 Å². The first kappa shape index (κ1) is 17.0. The summed E-state index contributed by atoms with van der Waals surface area (Å²) in [5.41, 5.74) is 0.336. The quantitative estimate of drug-likeness (QED) is 0.836. The van der Waals surface area contributed by atoms with Gasteiger partial charge in [-0.1, -0.05) is 13.8 Å². The van der Waals surface area contributed by atoms with E-state index in [2.05, 4.69) is 34.4 Å². The molecule has 8 heteroatoms. The zero-order chi connectivity index (χ0) is 17.0. The van der Waals surface area contributed by atoms with Crippen LogP contribution in [0.25, 0.3) is 11.1 Å². The van der Waals surface area contributed by atoms with E-state index >= 15 is 0 Å². The number of aryl methyl sites for hydroxylation is 2. The van der Waals surface area contributed by atoms with Crippen molar-refractivity contribution >= 4 is 22.8 Å². The maximum Gasteiger partial charge on any atom is 0.319 e. The molecule has 2 amide bonds. The summed E-state index contributed by atoms with van der Waals surface area (Å²) in [5.74, 6) is 0.453. The average Bonchev–Trinajstić information content (AvgIpc) is 2.84. The predicted octanol–water partition coefficient (Wildman–Crippen LogP) is 1.30. The first-order valence-electron chi connectivity index (χ1n) is 7.69. The van der Waals surface area contributed by atoms with Crippen molar-refractivity contribution in [3.05, 3.63) is 22.4 Å². The van der Waals surface area contributed by atoms with Crippen LogP contribution in [0, 0.1) is 6.92 Å². The van der Waals surface area contributed by atoms with Crippen LogP contribution in [0.3, 0.4) is 0 Å². The molecule has 2 heterocycles. The third-order valence-electron chi connectivity index (χ3n) is 3.79. The molecule has 0 fully saturated rings. The molecule has 23 heavy (non-hydrogen) atoms. The second kappa shape index (κ2) is 7.28. The Morgan fingerprint density at radius 2 is 2.09 bits per heavy atom. The van der Waals surface area contributed by atoms with Crippen LogP contribution in [0.2, 0.25) is 0 Å². The minimum absolute atomic E-state index is 0.226. The van der Waals surface area contributed by atoms with Gasteiger partial charge in [0.05, 0.1) is 5.69 Å². The summed E-state index contributed by atoms with van der Waals surface area (Å²) in [5, 5.41) is 5.76. The second-order valence-electron chi connectivity index (χ2n) is 5.28. The van der Waals surface area contributed by atoms with Crippen LogP contribution in [0.15, 0.2) is 15.5 Å². The van der Waals surface area contributed by atoms with E-state index in [4.69, 9.17) is 4.42 Å². The first-order valence-corrected chi connectivity index (χ1v) is 7.69. The normalized spacial score (nSPS) is 11.2. The lowest BCUT2D eigenvalue weighted by molar-refractivity contribution is 0.247. The fourth-order valence-corrected chi connectivity index (χ4v) is 2.36. The topological polar surface area (TPSA) is 92.4 Å². The lowest BCUT2D eigenvalue weighted by Crippen LogP contribution is -2.37. The van der Waals surface area contributed by atoms with E-state index in [-0.39, 0.29) is 22.7 Å². The van der Waals surface area contributed by atoms with Crippen LogP contribution < -0.4 is 16.2 Å². The number of nitrogens with one attached hydrogen (secondary N) is 2. The van der Waals surface area contributed by atoms with Gasteiger partial charge in [-0.05, 0) is 20.0 Å². The minimum atomic E-state index is -0.367. The van der Waals surface area contributed by atoms with E-state index in [1.54, 1.807) is 14.0 Å². The van der Waals surface area contributed by atoms with Gasteiger partial charge in [-0.15, -0.1) is 0 Å². The lowest BCUT2D eigenvalue weighted by Gasteiger charge is -2.18. The van der Waals surface area contributed by atoms with E-state index in [1.165, 1.54) is 10.9 Å². The Bertz CT molecular complexity index is 745. The Morgan fingerprint density at radius 3 is 2.74 bits per heavy atom. The van der Waals surface area contributed by atoms with Gasteiger partial charge in [0.15, 0.2) is 0 Å². The summed E-state index contributed by atoms with van der Waals surface area (Å²) in [4.78, 5) is 30.5. The van der Waals surface area contributed by atoms with Gasteiger partial charge >= 0.3 is 6.03 Å². The fourth-order valence-electron chi connectivity index (χ4n) is 2.36. The molecule has 0 aromatic carbocycles. The van der Waals surface area contributed by atoms with Gasteiger partial charge in [-0.2, -0.15) is 0 Å². The molecule has 0 aliphatic heterocycles. The number of furan rings is 1. The molecule has 0 atom stereocenters. The molecule has 0 saturated heterocycles. The van der Waals surface area contributed by atoms with Crippen LogP contribution in [0.1, 0.15) is 19.6 Å². The number of fused-ring (bicyclic) bond motifs is 1. The maximum absolute atomic E-state index is 12.2. The van der Waals surface area contributed by atoms with Gasteiger partial charge in [0, 0.05) is 20.1 Å². The zero-order valence-electron chi connectivity index (χ0n) is 14.0. The highest BCUT2D eigenvalue weighted by Crippen LogP contribution is 2.25. The number of likely N-dealkylation sites (N-methyl/N-ethyl adjacent to an activating group) is 1. The lowest BCUT2D eigenvalue weighted by atomic mass is 10.3. The molecule has 2 rings (SSSR count). The number of anilines is 1.